The average molecular weight is 297 g/mol. The molecule has 1 unspecified atom stereocenters. The van der Waals surface area contributed by atoms with Crippen LogP contribution in [0.3, 0.4) is 0 Å². The third kappa shape index (κ3) is 8.67. The maximum absolute atomic E-state index is 11.8. The van der Waals surface area contributed by atoms with Gasteiger partial charge in [0.05, 0.1) is 0 Å². The van der Waals surface area contributed by atoms with Gasteiger partial charge in [-0.3, -0.25) is 4.90 Å². The molecule has 0 saturated carbocycles. The molecule has 0 aliphatic heterocycles. The molecule has 6 nitrogen and oxygen atoms in total. The molecule has 0 heterocycles. The van der Waals surface area contributed by atoms with Crippen LogP contribution >= 0.6 is 12.4 Å². The second kappa shape index (κ2) is 8.98. The van der Waals surface area contributed by atoms with Crippen LogP contribution < -0.4 is 5.73 Å². The summed E-state index contributed by atoms with van der Waals surface area (Å²) < 4.78 is 5.14. The fraction of sp³-hybridized carbons (Fsp3) is 0.833. The van der Waals surface area contributed by atoms with E-state index in [-0.39, 0.29) is 12.4 Å². The second-order valence-electron chi connectivity index (χ2n) is 5.23. The minimum absolute atomic E-state index is 0. The number of likely N-dealkylation sites (N-methyl/N-ethyl adjacent to an activating group) is 1. The molecule has 114 valence electrons. The summed E-state index contributed by atoms with van der Waals surface area (Å²) in [6.45, 7) is 5.73. The minimum Gasteiger partial charge on any atom is -0.480 e. The van der Waals surface area contributed by atoms with Gasteiger partial charge in [0.1, 0.15) is 11.6 Å². The van der Waals surface area contributed by atoms with Crippen LogP contribution in [-0.2, 0) is 9.53 Å². The summed E-state index contributed by atoms with van der Waals surface area (Å²) >= 11 is 0. The first kappa shape index (κ1) is 20.3. The number of unbranched alkanes of at least 4 members (excludes halogenated alkanes) is 1. The van der Waals surface area contributed by atoms with Gasteiger partial charge in [-0.25, -0.2) is 9.59 Å². The number of halogens is 1. The predicted molar refractivity (Wildman–Crippen MR) is 75.6 cm³/mol. The Bertz CT molecular complexity index is 292. The molecule has 0 saturated heterocycles. The van der Waals surface area contributed by atoms with Gasteiger partial charge >= 0.3 is 12.1 Å². The van der Waals surface area contributed by atoms with Crippen LogP contribution in [0.4, 0.5) is 4.79 Å². The summed E-state index contributed by atoms with van der Waals surface area (Å²) in [4.78, 5) is 24.0. The van der Waals surface area contributed by atoms with Crippen LogP contribution in [-0.4, -0.2) is 47.3 Å². The number of ether oxygens (including phenoxy) is 1. The third-order valence-electron chi connectivity index (χ3n) is 2.37. The molecule has 1 atom stereocenters. The Morgan fingerprint density at radius 3 is 2.21 bits per heavy atom. The van der Waals surface area contributed by atoms with E-state index in [9.17, 15) is 9.59 Å². The lowest BCUT2D eigenvalue weighted by molar-refractivity contribution is -0.143. The summed E-state index contributed by atoms with van der Waals surface area (Å²) in [5.41, 5.74) is 4.72. The largest absolute Gasteiger partial charge is 0.480 e. The van der Waals surface area contributed by atoms with E-state index in [1.54, 1.807) is 20.8 Å². The van der Waals surface area contributed by atoms with Crippen molar-refractivity contribution in [1.82, 2.24) is 4.90 Å². The maximum atomic E-state index is 11.8. The highest BCUT2D eigenvalue weighted by Crippen LogP contribution is 2.13. The molecule has 0 fully saturated rings. The van der Waals surface area contributed by atoms with Gasteiger partial charge in [0.25, 0.3) is 0 Å². The van der Waals surface area contributed by atoms with Crippen LogP contribution in [0.15, 0.2) is 0 Å². The number of rotatable bonds is 6. The van der Waals surface area contributed by atoms with Gasteiger partial charge in [0, 0.05) is 7.05 Å². The third-order valence-corrected chi connectivity index (χ3v) is 2.37. The Balaban J connectivity index is 0. The molecule has 0 rings (SSSR count). The summed E-state index contributed by atoms with van der Waals surface area (Å²) in [7, 11) is 1.44. The zero-order valence-corrected chi connectivity index (χ0v) is 12.8. The van der Waals surface area contributed by atoms with Gasteiger partial charge in [0.2, 0.25) is 0 Å². The van der Waals surface area contributed by atoms with E-state index in [0.717, 1.165) is 11.3 Å². The highest BCUT2D eigenvalue weighted by Gasteiger charge is 2.29. The van der Waals surface area contributed by atoms with Crippen molar-refractivity contribution in [3.63, 3.8) is 0 Å². The standard InChI is InChI=1S/C12H24N2O4.ClH/c1-12(2,3)18-11(17)14(4)9(10(15)16)7-5-6-8-13;/h9H,5-8,13H2,1-4H3,(H,15,16);1H. The zero-order chi connectivity index (χ0) is 14.3. The molecule has 3 N–H and O–H groups in total. The molecule has 0 aromatic heterocycles. The van der Waals surface area contributed by atoms with Gasteiger partial charge in [0.15, 0.2) is 0 Å². The van der Waals surface area contributed by atoms with Crippen LogP contribution in [0.2, 0.25) is 0 Å². The quantitative estimate of drug-likeness (QED) is 0.730. The zero-order valence-electron chi connectivity index (χ0n) is 12.0. The van der Waals surface area contributed by atoms with E-state index in [2.05, 4.69) is 0 Å². The fourth-order valence-corrected chi connectivity index (χ4v) is 1.43. The summed E-state index contributed by atoms with van der Waals surface area (Å²) in [5, 5.41) is 9.11. The van der Waals surface area contributed by atoms with E-state index in [1.807, 2.05) is 0 Å². The molecule has 0 aliphatic rings. The first-order chi connectivity index (χ1) is 8.19. The van der Waals surface area contributed by atoms with Crippen LogP contribution in [0.25, 0.3) is 0 Å². The maximum Gasteiger partial charge on any atom is 0.410 e. The van der Waals surface area contributed by atoms with Crippen LogP contribution in [0, 0.1) is 0 Å². The molecule has 0 aliphatic carbocycles. The van der Waals surface area contributed by atoms with Crippen molar-refractivity contribution in [1.29, 1.82) is 0 Å². The highest BCUT2D eigenvalue weighted by molar-refractivity contribution is 5.85. The summed E-state index contributed by atoms with van der Waals surface area (Å²) in [5.74, 6) is -1.03. The minimum atomic E-state index is -1.03. The van der Waals surface area contributed by atoms with Crippen LogP contribution in [0.5, 0.6) is 0 Å². The SMILES string of the molecule is CN(C(=O)OC(C)(C)C)C(CCCCN)C(=O)O.Cl. The molecule has 0 aromatic rings. The normalized spacial score (nSPS) is 12.3. The van der Waals surface area contributed by atoms with Gasteiger partial charge in [-0.05, 0) is 46.6 Å². The topological polar surface area (TPSA) is 92.9 Å². The number of hydrogen-bond acceptors (Lipinski definition) is 4. The van der Waals surface area contributed by atoms with Crippen molar-refractivity contribution in [2.24, 2.45) is 5.73 Å². The van der Waals surface area contributed by atoms with E-state index in [0.29, 0.717) is 19.4 Å². The summed E-state index contributed by atoms with van der Waals surface area (Å²) in [6.07, 6.45) is 1.16. The first-order valence-electron chi connectivity index (χ1n) is 6.07. The number of nitrogens with zero attached hydrogens (tertiary/aromatic N) is 1. The first-order valence-corrected chi connectivity index (χ1v) is 6.07. The van der Waals surface area contributed by atoms with Gasteiger partial charge in [-0.1, -0.05) is 0 Å². The molecular formula is C12H25ClN2O4. The Hall–Kier alpha value is -1.01. The number of hydrogen-bond donors (Lipinski definition) is 2. The van der Waals surface area contributed by atoms with E-state index >= 15 is 0 Å². The predicted octanol–water partition coefficient (Wildman–Crippen LogP) is 1.86. The van der Waals surface area contributed by atoms with Gasteiger partial charge in [-0.15, -0.1) is 12.4 Å². The monoisotopic (exact) mass is 296 g/mol. The number of nitrogens with two attached hydrogens (primary N) is 1. The number of aliphatic carboxylic acids is 1. The van der Waals surface area contributed by atoms with Gasteiger partial charge < -0.3 is 15.6 Å². The molecule has 0 bridgehead atoms. The molecule has 0 aromatic carbocycles. The Morgan fingerprint density at radius 1 is 1.32 bits per heavy atom. The number of amides is 1. The number of carbonyl (C=O) groups excluding carboxylic acids is 1. The van der Waals surface area contributed by atoms with Crippen molar-refractivity contribution in [2.45, 2.75) is 51.7 Å². The van der Waals surface area contributed by atoms with E-state index in [4.69, 9.17) is 15.6 Å². The lowest BCUT2D eigenvalue weighted by atomic mass is 10.1. The van der Waals surface area contributed by atoms with E-state index < -0.39 is 23.7 Å². The Kier molecular flexibility index (Phi) is 9.60. The summed E-state index contributed by atoms with van der Waals surface area (Å²) in [6, 6.07) is -0.869. The van der Waals surface area contributed by atoms with Crippen molar-refractivity contribution in [3.8, 4) is 0 Å². The molecule has 0 radical (unpaired) electrons. The number of carboxylic acid groups (broad SMARTS) is 1. The lowest BCUT2D eigenvalue weighted by Gasteiger charge is -2.28. The molecule has 19 heavy (non-hydrogen) atoms. The molecule has 7 heteroatoms. The van der Waals surface area contributed by atoms with Crippen molar-refractivity contribution in [3.05, 3.63) is 0 Å². The van der Waals surface area contributed by atoms with Crippen LogP contribution in [0.1, 0.15) is 40.0 Å². The van der Waals surface area contributed by atoms with E-state index in [1.165, 1.54) is 7.05 Å². The Morgan fingerprint density at radius 2 is 1.84 bits per heavy atom. The number of carbonyl (C=O) groups is 2. The van der Waals surface area contributed by atoms with Crippen molar-refractivity contribution < 1.29 is 19.4 Å². The van der Waals surface area contributed by atoms with Gasteiger partial charge in [-0.2, -0.15) is 0 Å². The number of carboxylic acids is 1. The fourth-order valence-electron chi connectivity index (χ4n) is 1.43. The average Bonchev–Trinajstić information content (AvgIpc) is 2.20. The smallest absolute Gasteiger partial charge is 0.410 e. The Labute approximate surface area is 120 Å². The van der Waals surface area contributed by atoms with Crippen molar-refractivity contribution >= 4 is 24.5 Å². The molecule has 1 amide bonds. The lowest BCUT2D eigenvalue weighted by Crippen LogP contribution is -2.44. The van der Waals surface area contributed by atoms with Crippen molar-refractivity contribution in [2.75, 3.05) is 13.6 Å². The molecule has 0 spiro atoms. The molecular weight excluding hydrogens is 272 g/mol. The second-order valence-corrected chi connectivity index (χ2v) is 5.23. The highest BCUT2D eigenvalue weighted by atomic mass is 35.5.